The Kier molecular flexibility index (Phi) is 5.99. The Balaban J connectivity index is 2.30. The SMILES string of the molecule is CCc1ccc(-c2ccc(Cl)cc2F)cc1C1=C(C(=O)OC)C(C)(C)OC(C)(C)O1. The van der Waals surface area contributed by atoms with Gasteiger partial charge in [0, 0.05) is 30.0 Å². The average molecular weight is 433 g/mol. The minimum atomic E-state index is -0.969. The molecular formula is C24H26ClFO4. The van der Waals surface area contributed by atoms with Gasteiger partial charge in [0.15, 0.2) is 0 Å². The molecule has 0 amide bonds. The van der Waals surface area contributed by atoms with Crippen LogP contribution < -0.4 is 0 Å². The molecule has 1 heterocycles. The number of ether oxygens (including phenoxy) is 3. The second kappa shape index (κ2) is 8.05. The Morgan fingerprint density at radius 3 is 2.40 bits per heavy atom. The van der Waals surface area contributed by atoms with Crippen LogP contribution in [0, 0.1) is 5.82 Å². The lowest BCUT2D eigenvalue weighted by Crippen LogP contribution is -2.47. The number of aryl methyl sites for hydroxylation is 1. The first kappa shape index (κ1) is 22.3. The minimum absolute atomic E-state index is 0.285. The molecule has 160 valence electrons. The van der Waals surface area contributed by atoms with E-state index in [2.05, 4.69) is 0 Å². The van der Waals surface area contributed by atoms with Crippen molar-refractivity contribution < 1.29 is 23.4 Å². The molecule has 0 atom stereocenters. The second-order valence-corrected chi connectivity index (χ2v) is 8.60. The number of carbonyl (C=O) groups excluding carboxylic acids is 1. The highest BCUT2D eigenvalue weighted by molar-refractivity contribution is 6.30. The summed E-state index contributed by atoms with van der Waals surface area (Å²) >= 11 is 5.91. The number of esters is 1. The van der Waals surface area contributed by atoms with Crippen LogP contribution in [-0.4, -0.2) is 24.5 Å². The third kappa shape index (κ3) is 4.23. The molecule has 30 heavy (non-hydrogen) atoms. The predicted molar refractivity (Wildman–Crippen MR) is 115 cm³/mol. The molecule has 2 aromatic rings. The number of carbonyl (C=O) groups is 1. The Morgan fingerprint density at radius 1 is 1.10 bits per heavy atom. The van der Waals surface area contributed by atoms with Crippen molar-refractivity contribution in [3.8, 4) is 11.1 Å². The zero-order chi connectivity index (χ0) is 22.3. The molecule has 0 aliphatic carbocycles. The Labute approximate surface area is 181 Å². The maximum absolute atomic E-state index is 14.6. The summed E-state index contributed by atoms with van der Waals surface area (Å²) in [5.74, 6) is -1.54. The summed E-state index contributed by atoms with van der Waals surface area (Å²) in [4.78, 5) is 12.7. The van der Waals surface area contributed by atoms with E-state index in [4.69, 9.17) is 25.8 Å². The molecule has 0 N–H and O–H groups in total. The molecule has 0 aromatic heterocycles. The van der Waals surface area contributed by atoms with Crippen molar-refractivity contribution in [2.75, 3.05) is 7.11 Å². The molecule has 0 unspecified atom stereocenters. The molecular weight excluding hydrogens is 407 g/mol. The van der Waals surface area contributed by atoms with Crippen LogP contribution in [0.25, 0.3) is 16.9 Å². The molecule has 4 nitrogen and oxygen atoms in total. The fraction of sp³-hybridized carbons (Fsp3) is 0.375. The molecule has 2 aromatic carbocycles. The van der Waals surface area contributed by atoms with Gasteiger partial charge in [-0.05, 0) is 55.7 Å². The molecule has 0 saturated heterocycles. The largest absolute Gasteiger partial charge is 0.465 e. The van der Waals surface area contributed by atoms with Crippen molar-refractivity contribution in [2.45, 2.75) is 52.4 Å². The van der Waals surface area contributed by atoms with Crippen LogP contribution >= 0.6 is 11.6 Å². The fourth-order valence-electron chi connectivity index (χ4n) is 3.87. The van der Waals surface area contributed by atoms with Gasteiger partial charge in [-0.2, -0.15) is 0 Å². The quantitative estimate of drug-likeness (QED) is 0.543. The smallest absolute Gasteiger partial charge is 0.340 e. The van der Waals surface area contributed by atoms with Crippen molar-refractivity contribution in [2.24, 2.45) is 0 Å². The highest BCUT2D eigenvalue weighted by Gasteiger charge is 2.46. The topological polar surface area (TPSA) is 44.8 Å². The number of methoxy groups -OCH3 is 1. The second-order valence-electron chi connectivity index (χ2n) is 8.16. The van der Waals surface area contributed by atoms with Gasteiger partial charge in [0.25, 0.3) is 0 Å². The van der Waals surface area contributed by atoms with Crippen LogP contribution in [0.1, 0.15) is 45.7 Å². The van der Waals surface area contributed by atoms with Gasteiger partial charge in [-0.3, -0.25) is 0 Å². The summed E-state index contributed by atoms with van der Waals surface area (Å²) in [6.45, 7) is 9.19. The van der Waals surface area contributed by atoms with Crippen molar-refractivity contribution >= 4 is 23.3 Å². The van der Waals surface area contributed by atoms with Crippen LogP contribution in [-0.2, 0) is 25.4 Å². The van der Waals surface area contributed by atoms with E-state index in [1.807, 2.05) is 25.1 Å². The Hall–Kier alpha value is -2.37. The van der Waals surface area contributed by atoms with E-state index in [-0.39, 0.29) is 5.57 Å². The van der Waals surface area contributed by atoms with Gasteiger partial charge >= 0.3 is 5.97 Å². The Morgan fingerprint density at radius 2 is 1.80 bits per heavy atom. The average Bonchev–Trinajstić information content (AvgIpc) is 2.65. The summed E-state index contributed by atoms with van der Waals surface area (Å²) in [6, 6.07) is 10.2. The molecule has 3 rings (SSSR count). The van der Waals surface area contributed by atoms with Crippen LogP contribution in [0.4, 0.5) is 4.39 Å². The summed E-state index contributed by atoms with van der Waals surface area (Å²) in [7, 11) is 1.32. The van der Waals surface area contributed by atoms with E-state index in [0.717, 1.165) is 5.56 Å². The lowest BCUT2D eigenvalue weighted by Gasteiger charge is -2.43. The number of rotatable bonds is 4. The summed E-state index contributed by atoms with van der Waals surface area (Å²) < 4.78 is 31.8. The van der Waals surface area contributed by atoms with E-state index in [0.29, 0.717) is 33.9 Å². The first-order chi connectivity index (χ1) is 14.0. The highest BCUT2D eigenvalue weighted by atomic mass is 35.5. The van der Waals surface area contributed by atoms with Crippen molar-refractivity contribution in [3.63, 3.8) is 0 Å². The molecule has 1 aliphatic rings. The van der Waals surface area contributed by atoms with Gasteiger partial charge < -0.3 is 14.2 Å². The normalized spacial score (nSPS) is 17.5. The van der Waals surface area contributed by atoms with Crippen LogP contribution in [0.3, 0.4) is 0 Å². The van der Waals surface area contributed by atoms with Crippen LogP contribution in [0.15, 0.2) is 42.0 Å². The van der Waals surface area contributed by atoms with Gasteiger partial charge in [0.1, 0.15) is 22.8 Å². The van der Waals surface area contributed by atoms with Crippen molar-refractivity contribution in [3.05, 3.63) is 63.9 Å². The summed E-state index contributed by atoms with van der Waals surface area (Å²) in [5, 5.41) is 0.327. The standard InChI is InChI=1S/C24H26ClFO4/c1-7-14-8-9-15(17-11-10-16(25)13-19(17)26)12-18(14)21-20(22(27)28-6)23(2,3)30-24(4,5)29-21/h8-13H,7H2,1-6H3. The number of benzene rings is 2. The van der Waals surface area contributed by atoms with Gasteiger partial charge in [0.05, 0.1) is 7.11 Å². The highest BCUT2D eigenvalue weighted by Crippen LogP contribution is 2.43. The van der Waals surface area contributed by atoms with Gasteiger partial charge in [0.2, 0.25) is 5.79 Å². The molecule has 0 spiro atoms. The lowest BCUT2D eigenvalue weighted by atomic mass is 9.88. The maximum Gasteiger partial charge on any atom is 0.340 e. The van der Waals surface area contributed by atoms with E-state index in [1.165, 1.54) is 13.2 Å². The van der Waals surface area contributed by atoms with E-state index in [1.54, 1.807) is 39.8 Å². The first-order valence-electron chi connectivity index (χ1n) is 9.80. The van der Waals surface area contributed by atoms with Crippen molar-refractivity contribution in [1.82, 2.24) is 0 Å². The molecule has 1 aliphatic heterocycles. The Bertz CT molecular complexity index is 1020. The molecule has 0 fully saturated rings. The lowest BCUT2D eigenvalue weighted by molar-refractivity contribution is -0.236. The fourth-order valence-corrected chi connectivity index (χ4v) is 4.03. The first-order valence-corrected chi connectivity index (χ1v) is 10.2. The summed E-state index contributed by atoms with van der Waals surface area (Å²) in [6.07, 6.45) is 0.696. The van der Waals surface area contributed by atoms with Crippen molar-refractivity contribution in [1.29, 1.82) is 0 Å². The van der Waals surface area contributed by atoms with E-state index < -0.39 is 23.2 Å². The predicted octanol–water partition coefficient (Wildman–Crippen LogP) is 6.15. The van der Waals surface area contributed by atoms with Crippen LogP contribution in [0.5, 0.6) is 0 Å². The third-order valence-corrected chi connectivity index (χ3v) is 5.28. The third-order valence-electron chi connectivity index (χ3n) is 5.04. The van der Waals surface area contributed by atoms with Gasteiger partial charge in [-0.1, -0.05) is 30.7 Å². The maximum atomic E-state index is 14.6. The van der Waals surface area contributed by atoms with Gasteiger partial charge in [-0.25, -0.2) is 9.18 Å². The molecule has 0 saturated carbocycles. The van der Waals surface area contributed by atoms with E-state index >= 15 is 0 Å². The number of hydrogen-bond donors (Lipinski definition) is 0. The van der Waals surface area contributed by atoms with E-state index in [9.17, 15) is 9.18 Å². The number of hydrogen-bond acceptors (Lipinski definition) is 4. The van der Waals surface area contributed by atoms with Gasteiger partial charge in [-0.15, -0.1) is 0 Å². The zero-order valence-electron chi connectivity index (χ0n) is 18.1. The summed E-state index contributed by atoms with van der Waals surface area (Å²) in [5.41, 5.74) is 2.06. The molecule has 0 bridgehead atoms. The zero-order valence-corrected chi connectivity index (χ0v) is 18.8. The van der Waals surface area contributed by atoms with Crippen LogP contribution in [0.2, 0.25) is 5.02 Å². The monoisotopic (exact) mass is 432 g/mol. The number of halogens is 2. The molecule has 6 heteroatoms. The molecule has 0 radical (unpaired) electrons. The minimum Gasteiger partial charge on any atom is -0.465 e.